The summed E-state index contributed by atoms with van der Waals surface area (Å²) in [5, 5.41) is 8.83. The predicted molar refractivity (Wildman–Crippen MR) is 56.0 cm³/mol. The number of fused-ring (bicyclic) bond motifs is 1. The molecule has 0 fully saturated rings. The van der Waals surface area contributed by atoms with Crippen LogP contribution in [0, 0.1) is 0 Å². The topological polar surface area (TPSA) is 63.3 Å². The number of aliphatic carboxylic acids is 1. The Balaban J connectivity index is 2.44. The second-order valence-corrected chi connectivity index (χ2v) is 4.28. The lowest BCUT2D eigenvalue weighted by Crippen LogP contribution is -2.21. The molecule has 1 aromatic rings. The number of carbonyl (C=O) groups is 1. The highest BCUT2D eigenvalue weighted by Crippen LogP contribution is 2.34. The molecule has 14 heavy (non-hydrogen) atoms. The van der Waals surface area contributed by atoms with E-state index in [-0.39, 0.29) is 0 Å². The van der Waals surface area contributed by atoms with Gasteiger partial charge in [0, 0.05) is 11.5 Å². The van der Waals surface area contributed by atoms with Crippen LogP contribution in [0.15, 0.2) is 18.2 Å². The van der Waals surface area contributed by atoms with Gasteiger partial charge in [-0.1, -0.05) is 18.2 Å². The van der Waals surface area contributed by atoms with Crippen LogP contribution < -0.4 is 5.73 Å². The SMILES string of the molecule is N[C@@H](C(=O)O)c1cccc2c1CSC2. The van der Waals surface area contributed by atoms with E-state index in [1.165, 1.54) is 5.56 Å². The highest BCUT2D eigenvalue weighted by Gasteiger charge is 2.22. The zero-order chi connectivity index (χ0) is 10.1. The Labute approximate surface area is 86.3 Å². The average molecular weight is 209 g/mol. The summed E-state index contributed by atoms with van der Waals surface area (Å²) in [4.78, 5) is 10.8. The summed E-state index contributed by atoms with van der Waals surface area (Å²) in [6.07, 6.45) is 0. The number of hydrogen-bond donors (Lipinski definition) is 2. The van der Waals surface area contributed by atoms with Crippen LogP contribution in [0.2, 0.25) is 0 Å². The molecule has 0 radical (unpaired) electrons. The number of nitrogens with two attached hydrogens (primary N) is 1. The summed E-state index contributed by atoms with van der Waals surface area (Å²) in [7, 11) is 0. The van der Waals surface area contributed by atoms with Gasteiger partial charge in [-0.2, -0.15) is 11.8 Å². The quantitative estimate of drug-likeness (QED) is 0.775. The summed E-state index contributed by atoms with van der Waals surface area (Å²) in [6.45, 7) is 0. The minimum atomic E-state index is -0.963. The van der Waals surface area contributed by atoms with E-state index in [1.54, 1.807) is 11.8 Å². The molecule has 1 atom stereocenters. The predicted octanol–water partition coefficient (Wildman–Crippen LogP) is 1.52. The van der Waals surface area contributed by atoms with Crippen molar-refractivity contribution < 1.29 is 9.90 Å². The Morgan fingerprint density at radius 1 is 1.50 bits per heavy atom. The molecule has 0 unspecified atom stereocenters. The molecule has 1 aliphatic heterocycles. The molecule has 0 saturated carbocycles. The summed E-state index contributed by atoms with van der Waals surface area (Å²) >= 11 is 1.80. The lowest BCUT2D eigenvalue weighted by molar-refractivity contribution is -0.138. The van der Waals surface area contributed by atoms with Gasteiger partial charge in [-0.15, -0.1) is 0 Å². The van der Waals surface area contributed by atoms with E-state index >= 15 is 0 Å². The van der Waals surface area contributed by atoms with Crippen LogP contribution >= 0.6 is 11.8 Å². The van der Waals surface area contributed by atoms with E-state index in [0.29, 0.717) is 0 Å². The van der Waals surface area contributed by atoms with Crippen molar-refractivity contribution in [3.05, 3.63) is 34.9 Å². The monoisotopic (exact) mass is 209 g/mol. The van der Waals surface area contributed by atoms with Crippen molar-refractivity contribution in [3.63, 3.8) is 0 Å². The van der Waals surface area contributed by atoms with Crippen LogP contribution in [0.1, 0.15) is 22.7 Å². The van der Waals surface area contributed by atoms with Crippen molar-refractivity contribution in [2.24, 2.45) is 5.73 Å². The van der Waals surface area contributed by atoms with E-state index in [0.717, 1.165) is 22.6 Å². The van der Waals surface area contributed by atoms with Crippen LogP contribution in [-0.2, 0) is 16.3 Å². The Bertz CT molecular complexity index is 378. The lowest BCUT2D eigenvalue weighted by Gasteiger charge is -2.11. The van der Waals surface area contributed by atoms with E-state index < -0.39 is 12.0 Å². The van der Waals surface area contributed by atoms with E-state index in [2.05, 4.69) is 0 Å². The molecule has 3 nitrogen and oxygen atoms in total. The molecule has 0 amide bonds. The molecule has 0 aliphatic carbocycles. The minimum absolute atomic E-state index is 0.764. The molecule has 0 saturated heterocycles. The third-order valence-electron chi connectivity index (χ3n) is 2.41. The Hall–Kier alpha value is -1.00. The summed E-state index contributed by atoms with van der Waals surface area (Å²) < 4.78 is 0. The second kappa shape index (κ2) is 3.63. The van der Waals surface area contributed by atoms with Gasteiger partial charge in [0.05, 0.1) is 0 Å². The normalized spacial score (nSPS) is 16.4. The smallest absolute Gasteiger partial charge is 0.325 e. The van der Waals surface area contributed by atoms with Gasteiger partial charge in [-0.05, 0) is 16.7 Å². The molecular formula is C10H11NO2S. The van der Waals surface area contributed by atoms with Crippen molar-refractivity contribution in [3.8, 4) is 0 Å². The van der Waals surface area contributed by atoms with Crippen molar-refractivity contribution in [1.82, 2.24) is 0 Å². The Kier molecular flexibility index (Phi) is 2.48. The zero-order valence-corrected chi connectivity index (χ0v) is 8.38. The zero-order valence-electron chi connectivity index (χ0n) is 7.56. The van der Waals surface area contributed by atoms with Gasteiger partial charge < -0.3 is 10.8 Å². The first-order chi connectivity index (χ1) is 6.70. The number of hydrogen-bond acceptors (Lipinski definition) is 3. The van der Waals surface area contributed by atoms with Gasteiger partial charge in [-0.25, -0.2) is 0 Å². The summed E-state index contributed by atoms with van der Waals surface area (Å²) in [5.41, 5.74) is 8.71. The van der Waals surface area contributed by atoms with Gasteiger partial charge >= 0.3 is 5.97 Å². The highest BCUT2D eigenvalue weighted by atomic mass is 32.2. The first kappa shape index (κ1) is 9.55. The van der Waals surface area contributed by atoms with E-state index in [4.69, 9.17) is 10.8 Å². The molecule has 1 aliphatic rings. The van der Waals surface area contributed by atoms with Gasteiger partial charge in [0.25, 0.3) is 0 Å². The van der Waals surface area contributed by atoms with Crippen molar-refractivity contribution in [2.75, 3.05) is 0 Å². The number of carboxylic acids is 1. The standard InChI is InChI=1S/C10H11NO2S/c11-9(10(12)13)7-3-1-2-6-4-14-5-8(6)7/h1-3,9H,4-5,11H2,(H,12,13)/t9-/m1/s1. The highest BCUT2D eigenvalue weighted by molar-refractivity contribution is 7.98. The molecule has 0 spiro atoms. The fraction of sp³-hybridized carbons (Fsp3) is 0.300. The average Bonchev–Trinajstić information content (AvgIpc) is 2.63. The molecular weight excluding hydrogens is 198 g/mol. The third-order valence-corrected chi connectivity index (χ3v) is 3.42. The number of benzene rings is 1. The Morgan fingerprint density at radius 2 is 2.29 bits per heavy atom. The van der Waals surface area contributed by atoms with Crippen LogP contribution in [0.3, 0.4) is 0 Å². The minimum Gasteiger partial charge on any atom is -0.480 e. The fourth-order valence-electron chi connectivity index (χ4n) is 1.65. The van der Waals surface area contributed by atoms with Gasteiger partial charge in [0.1, 0.15) is 6.04 Å². The summed E-state index contributed by atoms with van der Waals surface area (Å²) in [5.74, 6) is 0.887. The third kappa shape index (κ3) is 1.51. The lowest BCUT2D eigenvalue weighted by atomic mass is 9.98. The molecule has 2 rings (SSSR count). The molecule has 0 bridgehead atoms. The van der Waals surface area contributed by atoms with Gasteiger partial charge in [0.2, 0.25) is 0 Å². The number of thioether (sulfide) groups is 1. The van der Waals surface area contributed by atoms with Crippen molar-refractivity contribution >= 4 is 17.7 Å². The molecule has 1 aromatic carbocycles. The van der Waals surface area contributed by atoms with Gasteiger partial charge in [0.15, 0.2) is 0 Å². The van der Waals surface area contributed by atoms with Crippen molar-refractivity contribution in [2.45, 2.75) is 17.5 Å². The van der Waals surface area contributed by atoms with E-state index in [9.17, 15) is 4.79 Å². The largest absolute Gasteiger partial charge is 0.480 e. The fourth-order valence-corrected chi connectivity index (χ4v) is 2.80. The van der Waals surface area contributed by atoms with Crippen molar-refractivity contribution in [1.29, 1.82) is 0 Å². The maximum atomic E-state index is 10.8. The molecule has 1 heterocycles. The second-order valence-electron chi connectivity index (χ2n) is 3.29. The van der Waals surface area contributed by atoms with Crippen LogP contribution in [-0.4, -0.2) is 11.1 Å². The van der Waals surface area contributed by atoms with Crippen LogP contribution in [0.4, 0.5) is 0 Å². The maximum absolute atomic E-state index is 10.8. The number of rotatable bonds is 2. The van der Waals surface area contributed by atoms with E-state index in [1.807, 2.05) is 18.2 Å². The van der Waals surface area contributed by atoms with Gasteiger partial charge in [-0.3, -0.25) is 4.79 Å². The molecule has 74 valence electrons. The summed E-state index contributed by atoms with van der Waals surface area (Å²) in [6, 6.07) is 4.84. The Morgan fingerprint density at radius 3 is 3.00 bits per heavy atom. The maximum Gasteiger partial charge on any atom is 0.325 e. The van der Waals surface area contributed by atoms with Crippen LogP contribution in [0.5, 0.6) is 0 Å². The number of carboxylic acid groups (broad SMARTS) is 1. The molecule has 3 N–H and O–H groups in total. The first-order valence-corrected chi connectivity index (χ1v) is 5.52. The molecule has 4 heteroatoms. The first-order valence-electron chi connectivity index (χ1n) is 4.37. The molecule has 0 aromatic heterocycles. The van der Waals surface area contributed by atoms with Crippen LogP contribution in [0.25, 0.3) is 0 Å².